The molecule has 1 aliphatic rings. The van der Waals surface area contributed by atoms with Crippen LogP contribution in [0.5, 0.6) is 5.75 Å². The highest BCUT2D eigenvalue weighted by Gasteiger charge is 2.44. The predicted octanol–water partition coefficient (Wildman–Crippen LogP) is 5.18. The smallest absolute Gasteiger partial charge is 0.310 e. The van der Waals surface area contributed by atoms with Crippen LogP contribution in [0.15, 0.2) is 84.9 Å². The van der Waals surface area contributed by atoms with Crippen molar-refractivity contribution in [3.05, 3.63) is 102 Å². The summed E-state index contributed by atoms with van der Waals surface area (Å²) in [6, 6.07) is 27.7. The molecule has 0 aromatic heterocycles. The summed E-state index contributed by atoms with van der Waals surface area (Å²) in [6.45, 7) is 5.87. The Morgan fingerprint density at radius 2 is 1.53 bits per heavy atom. The van der Waals surface area contributed by atoms with Crippen LogP contribution in [0, 0.1) is 11.8 Å². The van der Waals surface area contributed by atoms with Crippen LogP contribution in [0.1, 0.15) is 36.6 Å². The summed E-state index contributed by atoms with van der Waals surface area (Å²) in [5.41, 5.74) is 3.09. The Hall–Kier alpha value is -3.64. The van der Waals surface area contributed by atoms with Crippen LogP contribution < -0.4 is 4.74 Å². The Labute approximate surface area is 212 Å². The lowest BCUT2D eigenvalue weighted by Gasteiger charge is -2.27. The fraction of sp³-hybridized carbons (Fsp3) is 0.333. The van der Waals surface area contributed by atoms with Crippen molar-refractivity contribution in [2.45, 2.75) is 33.1 Å². The van der Waals surface area contributed by atoms with Crippen molar-refractivity contribution >= 4 is 11.9 Å². The summed E-state index contributed by atoms with van der Waals surface area (Å²) in [7, 11) is 0. The first kappa shape index (κ1) is 25.5. The van der Waals surface area contributed by atoms with Gasteiger partial charge in [0.05, 0.1) is 12.5 Å². The van der Waals surface area contributed by atoms with Gasteiger partial charge in [-0.05, 0) is 35.7 Å². The second-order valence-electron chi connectivity index (χ2n) is 9.08. The molecule has 1 aliphatic heterocycles. The van der Waals surface area contributed by atoms with Crippen molar-refractivity contribution in [1.82, 2.24) is 4.90 Å². The molecule has 0 amide bonds. The average Bonchev–Trinajstić information content (AvgIpc) is 3.31. The Morgan fingerprint density at radius 1 is 0.889 bits per heavy atom. The summed E-state index contributed by atoms with van der Waals surface area (Å²) in [6.07, 6.45) is -0.569. The average molecular weight is 488 g/mol. The molecule has 0 bridgehead atoms. The second kappa shape index (κ2) is 12.4. The number of carbonyl (C=O) groups excluding carboxylic acids is 2. The second-order valence-corrected chi connectivity index (χ2v) is 9.08. The van der Waals surface area contributed by atoms with Crippen LogP contribution in [-0.2, 0) is 32.2 Å². The zero-order valence-electron chi connectivity index (χ0n) is 20.8. The number of hydrogen-bond acceptors (Lipinski definition) is 6. The third-order valence-electron chi connectivity index (χ3n) is 6.42. The van der Waals surface area contributed by atoms with E-state index < -0.39 is 12.0 Å². The fourth-order valence-electron chi connectivity index (χ4n) is 4.77. The SMILES string of the molecule is CCOC(=O)[C@H]1CN(Cc2ccccc2)C[C@H]1C(OC(C)=O)c1ccc(OCc2ccccc2)cc1. The molecule has 6 heteroatoms. The monoisotopic (exact) mass is 487 g/mol. The Bertz CT molecular complexity index is 1120. The number of carbonyl (C=O) groups is 2. The molecular formula is C30H33NO5. The van der Waals surface area contributed by atoms with Crippen LogP contribution >= 0.6 is 0 Å². The van der Waals surface area contributed by atoms with Crippen molar-refractivity contribution in [2.24, 2.45) is 11.8 Å². The highest BCUT2D eigenvalue weighted by atomic mass is 16.5. The molecule has 188 valence electrons. The summed E-state index contributed by atoms with van der Waals surface area (Å²) >= 11 is 0. The number of esters is 2. The van der Waals surface area contributed by atoms with E-state index in [2.05, 4.69) is 17.0 Å². The molecule has 0 N–H and O–H groups in total. The number of rotatable bonds is 10. The number of likely N-dealkylation sites (tertiary alicyclic amines) is 1. The largest absolute Gasteiger partial charge is 0.489 e. The van der Waals surface area contributed by atoms with Crippen LogP contribution in [-0.4, -0.2) is 36.5 Å². The van der Waals surface area contributed by atoms with Crippen molar-refractivity contribution in [1.29, 1.82) is 0 Å². The minimum atomic E-state index is -0.569. The van der Waals surface area contributed by atoms with Gasteiger partial charge in [-0.1, -0.05) is 72.8 Å². The highest BCUT2D eigenvalue weighted by Crippen LogP contribution is 2.39. The number of ether oxygens (including phenoxy) is 3. The van der Waals surface area contributed by atoms with Gasteiger partial charge in [0.2, 0.25) is 0 Å². The van der Waals surface area contributed by atoms with Gasteiger partial charge in [-0.15, -0.1) is 0 Å². The third kappa shape index (κ3) is 6.73. The van der Waals surface area contributed by atoms with Crippen molar-refractivity contribution in [3.63, 3.8) is 0 Å². The molecule has 3 atom stereocenters. The quantitative estimate of drug-likeness (QED) is 0.367. The minimum absolute atomic E-state index is 0.229. The van der Waals surface area contributed by atoms with Gasteiger partial charge < -0.3 is 14.2 Å². The van der Waals surface area contributed by atoms with E-state index in [4.69, 9.17) is 14.2 Å². The highest BCUT2D eigenvalue weighted by molar-refractivity contribution is 5.74. The fourth-order valence-corrected chi connectivity index (χ4v) is 4.77. The minimum Gasteiger partial charge on any atom is -0.489 e. The zero-order chi connectivity index (χ0) is 25.3. The molecule has 1 saturated heterocycles. The van der Waals surface area contributed by atoms with Crippen LogP contribution in [0.3, 0.4) is 0 Å². The molecule has 1 unspecified atom stereocenters. The summed E-state index contributed by atoms with van der Waals surface area (Å²) < 4.78 is 17.2. The standard InChI is InChI=1S/C30H33NO5/c1-3-34-30(33)28-20-31(18-23-10-6-4-7-11-23)19-27(28)29(36-22(2)32)25-14-16-26(17-15-25)35-21-24-12-8-5-9-13-24/h4-17,27-29H,3,18-21H2,1-2H3/t27-,28+,29?/m1/s1. The molecule has 0 aliphatic carbocycles. The van der Waals surface area contributed by atoms with Crippen molar-refractivity contribution in [2.75, 3.05) is 19.7 Å². The molecular weight excluding hydrogens is 454 g/mol. The Kier molecular flexibility index (Phi) is 8.74. The third-order valence-corrected chi connectivity index (χ3v) is 6.42. The van der Waals surface area contributed by atoms with E-state index in [1.807, 2.05) is 72.8 Å². The van der Waals surface area contributed by atoms with E-state index >= 15 is 0 Å². The van der Waals surface area contributed by atoms with Gasteiger partial charge in [-0.3, -0.25) is 14.5 Å². The van der Waals surface area contributed by atoms with E-state index in [-0.39, 0.29) is 17.9 Å². The predicted molar refractivity (Wildman–Crippen MR) is 137 cm³/mol. The molecule has 4 rings (SSSR count). The van der Waals surface area contributed by atoms with Crippen LogP contribution in [0.4, 0.5) is 0 Å². The van der Waals surface area contributed by atoms with Crippen molar-refractivity contribution < 1.29 is 23.8 Å². The normalized spacial score (nSPS) is 18.4. The van der Waals surface area contributed by atoms with Gasteiger partial charge in [-0.25, -0.2) is 0 Å². The Balaban J connectivity index is 1.53. The van der Waals surface area contributed by atoms with Crippen LogP contribution in [0.25, 0.3) is 0 Å². The van der Waals surface area contributed by atoms with Gasteiger partial charge >= 0.3 is 11.9 Å². The number of nitrogens with zero attached hydrogens (tertiary/aromatic N) is 1. The first-order chi connectivity index (χ1) is 17.5. The van der Waals surface area contributed by atoms with Gasteiger partial charge in [0, 0.05) is 32.5 Å². The van der Waals surface area contributed by atoms with E-state index in [9.17, 15) is 9.59 Å². The van der Waals surface area contributed by atoms with E-state index in [0.29, 0.717) is 32.8 Å². The van der Waals surface area contributed by atoms with Crippen LogP contribution in [0.2, 0.25) is 0 Å². The summed E-state index contributed by atoms with van der Waals surface area (Å²) in [5.74, 6) is -0.533. The molecule has 3 aromatic rings. The lowest BCUT2D eigenvalue weighted by molar-refractivity contribution is -0.157. The van der Waals surface area contributed by atoms with E-state index in [1.165, 1.54) is 12.5 Å². The molecule has 1 fully saturated rings. The maximum absolute atomic E-state index is 12.9. The van der Waals surface area contributed by atoms with Gasteiger partial charge in [-0.2, -0.15) is 0 Å². The molecule has 6 nitrogen and oxygen atoms in total. The molecule has 36 heavy (non-hydrogen) atoms. The van der Waals surface area contributed by atoms with E-state index in [0.717, 1.165) is 16.9 Å². The van der Waals surface area contributed by atoms with Gasteiger partial charge in [0.15, 0.2) is 0 Å². The summed E-state index contributed by atoms with van der Waals surface area (Å²) in [4.78, 5) is 27.3. The lowest BCUT2D eigenvalue weighted by atomic mass is 9.86. The number of hydrogen-bond donors (Lipinski definition) is 0. The zero-order valence-corrected chi connectivity index (χ0v) is 20.8. The molecule has 1 heterocycles. The molecule has 0 spiro atoms. The first-order valence-corrected chi connectivity index (χ1v) is 12.4. The van der Waals surface area contributed by atoms with Gasteiger partial charge in [0.25, 0.3) is 0 Å². The van der Waals surface area contributed by atoms with Crippen molar-refractivity contribution in [3.8, 4) is 5.75 Å². The molecule has 0 saturated carbocycles. The molecule has 0 radical (unpaired) electrons. The maximum Gasteiger partial charge on any atom is 0.310 e. The molecule has 3 aromatic carbocycles. The Morgan fingerprint density at radius 3 is 2.14 bits per heavy atom. The maximum atomic E-state index is 12.9. The van der Waals surface area contributed by atoms with Gasteiger partial charge in [0.1, 0.15) is 18.5 Å². The first-order valence-electron chi connectivity index (χ1n) is 12.4. The number of benzene rings is 3. The van der Waals surface area contributed by atoms with E-state index in [1.54, 1.807) is 6.92 Å². The topological polar surface area (TPSA) is 65.1 Å². The summed E-state index contributed by atoms with van der Waals surface area (Å²) in [5, 5.41) is 0. The lowest BCUT2D eigenvalue weighted by Crippen LogP contribution is -2.31.